The molecule has 2 aromatic carbocycles. The van der Waals surface area contributed by atoms with Crippen LogP contribution in [0.1, 0.15) is 43.5 Å². The molecule has 5 rings (SSSR count). The van der Waals surface area contributed by atoms with Gasteiger partial charge < -0.3 is 29.4 Å². The highest BCUT2D eigenvalue weighted by Crippen LogP contribution is 2.52. The Labute approximate surface area is 211 Å². The van der Waals surface area contributed by atoms with Crippen LogP contribution in [0, 0.1) is 5.82 Å². The zero-order valence-electron chi connectivity index (χ0n) is 20.4. The van der Waals surface area contributed by atoms with Crippen molar-refractivity contribution in [3.63, 3.8) is 0 Å². The molecule has 3 N–H and O–H groups in total. The monoisotopic (exact) mass is 519 g/mol. The molecule has 1 fully saturated rings. The molecule has 198 valence electrons. The van der Waals surface area contributed by atoms with Crippen molar-refractivity contribution in [3.8, 4) is 11.5 Å². The van der Waals surface area contributed by atoms with E-state index in [1.54, 1.807) is 22.8 Å². The number of benzene rings is 2. The normalized spacial score (nSPS) is 18.3. The Morgan fingerprint density at radius 3 is 2.46 bits per heavy atom. The van der Waals surface area contributed by atoms with Crippen LogP contribution in [0.2, 0.25) is 0 Å². The summed E-state index contributed by atoms with van der Waals surface area (Å²) in [7, 11) is 0. The van der Waals surface area contributed by atoms with Crippen molar-refractivity contribution < 1.29 is 42.8 Å². The van der Waals surface area contributed by atoms with Gasteiger partial charge in [0, 0.05) is 22.9 Å². The Kier molecular flexibility index (Phi) is 6.04. The Morgan fingerprint density at radius 2 is 1.81 bits per heavy atom. The summed E-state index contributed by atoms with van der Waals surface area (Å²) in [5.41, 5.74) is 0.208. The number of nitrogens with zero attached hydrogens (tertiary/aromatic N) is 1. The highest BCUT2D eigenvalue weighted by molar-refractivity contribution is 5.95. The lowest BCUT2D eigenvalue weighted by Crippen LogP contribution is -2.29. The first-order chi connectivity index (χ1) is 17.4. The smallest absolute Gasteiger partial charge is 0.395 e. The van der Waals surface area contributed by atoms with E-state index in [1.165, 1.54) is 18.2 Å². The second-order valence-corrected chi connectivity index (χ2v) is 10.5. The zero-order valence-corrected chi connectivity index (χ0v) is 20.4. The van der Waals surface area contributed by atoms with Crippen molar-refractivity contribution in [2.24, 2.45) is 0 Å². The lowest BCUT2D eigenvalue weighted by atomic mass is 9.87. The van der Waals surface area contributed by atoms with Crippen molar-refractivity contribution in [2.45, 2.75) is 62.9 Å². The molecule has 1 aliphatic carbocycles. The lowest BCUT2D eigenvalue weighted by Gasteiger charge is -2.25. The second kappa shape index (κ2) is 8.75. The minimum Gasteiger partial charge on any atom is -0.395 e. The van der Waals surface area contributed by atoms with Crippen molar-refractivity contribution in [1.29, 1.82) is 0 Å². The van der Waals surface area contributed by atoms with Gasteiger partial charge in [0.1, 0.15) is 11.6 Å². The van der Waals surface area contributed by atoms with Crippen LogP contribution in [0.25, 0.3) is 10.9 Å². The summed E-state index contributed by atoms with van der Waals surface area (Å²) in [6.07, 6.45) is -4.01. The van der Waals surface area contributed by atoms with E-state index >= 15 is 4.39 Å². The van der Waals surface area contributed by atoms with E-state index in [9.17, 15) is 28.9 Å². The summed E-state index contributed by atoms with van der Waals surface area (Å²) < 4.78 is 52.8. The summed E-state index contributed by atoms with van der Waals surface area (Å²) in [5, 5.41) is 29.9. The maximum atomic E-state index is 15.3. The molecule has 0 bridgehead atoms. The van der Waals surface area contributed by atoms with Crippen LogP contribution < -0.4 is 9.47 Å². The molecule has 2 heterocycles. The average molecular weight is 520 g/mol. The Morgan fingerprint density at radius 1 is 1.11 bits per heavy atom. The number of fused-ring (bicyclic) bond motifs is 2. The first kappa shape index (κ1) is 25.6. The van der Waals surface area contributed by atoms with Gasteiger partial charge >= 0.3 is 6.29 Å². The van der Waals surface area contributed by atoms with Crippen LogP contribution in [0.3, 0.4) is 0 Å². The molecule has 37 heavy (non-hydrogen) atoms. The molecule has 10 heteroatoms. The fourth-order valence-electron chi connectivity index (χ4n) is 5.02. The number of carbonyl (C=O) groups excluding carboxylic acids is 1. The van der Waals surface area contributed by atoms with Gasteiger partial charge in [0.2, 0.25) is 0 Å². The van der Waals surface area contributed by atoms with E-state index in [0.717, 1.165) is 0 Å². The lowest BCUT2D eigenvalue weighted by molar-refractivity contribution is -0.286. The van der Waals surface area contributed by atoms with Crippen molar-refractivity contribution >= 4 is 16.7 Å². The predicted molar refractivity (Wildman–Crippen MR) is 127 cm³/mol. The molecule has 0 spiro atoms. The zero-order chi connectivity index (χ0) is 26.8. The molecule has 1 aliphatic heterocycles. The summed E-state index contributed by atoms with van der Waals surface area (Å²) in [6.45, 7) is 2.94. The fraction of sp³-hybridized carbons (Fsp3) is 0.444. The molecule has 2 aliphatic rings. The first-order valence-corrected chi connectivity index (χ1v) is 12.0. The van der Waals surface area contributed by atoms with Gasteiger partial charge in [-0.1, -0.05) is 19.9 Å². The molecular formula is C27H28F3NO6. The quantitative estimate of drug-likeness (QED) is 0.400. The van der Waals surface area contributed by atoms with Crippen molar-refractivity contribution in [3.05, 3.63) is 59.0 Å². The SMILES string of the molecule is CC(C)(CO)c1cc2cc(CC(=O)C3(c4ccc5c(c4)OC(F)(F)O5)CC3)c(F)cc2n1CC(O)CO. The van der Waals surface area contributed by atoms with E-state index in [2.05, 4.69) is 9.47 Å². The van der Waals surface area contributed by atoms with Crippen LogP contribution in [-0.2, 0) is 28.6 Å². The minimum absolute atomic E-state index is 0.00273. The average Bonchev–Trinajstić information content (AvgIpc) is 3.50. The molecule has 7 nitrogen and oxygen atoms in total. The van der Waals surface area contributed by atoms with Crippen LogP contribution in [0.4, 0.5) is 13.2 Å². The number of ketones is 1. The number of hydrogen-bond acceptors (Lipinski definition) is 6. The van der Waals surface area contributed by atoms with Crippen molar-refractivity contribution in [1.82, 2.24) is 4.57 Å². The summed E-state index contributed by atoms with van der Waals surface area (Å²) in [6, 6.07) is 8.95. The molecule has 0 radical (unpaired) electrons. The fourth-order valence-corrected chi connectivity index (χ4v) is 5.02. The number of hydrogen-bond donors (Lipinski definition) is 3. The van der Waals surface area contributed by atoms with E-state index in [-0.39, 0.29) is 42.4 Å². The van der Waals surface area contributed by atoms with Crippen LogP contribution in [-0.4, -0.2) is 51.3 Å². The third-order valence-corrected chi connectivity index (χ3v) is 7.35. The molecule has 0 amide bonds. The van der Waals surface area contributed by atoms with Gasteiger partial charge in [-0.15, -0.1) is 8.78 Å². The van der Waals surface area contributed by atoms with Gasteiger partial charge in [0.05, 0.1) is 36.8 Å². The number of rotatable bonds is 9. The maximum Gasteiger partial charge on any atom is 0.586 e. The van der Waals surface area contributed by atoms with Gasteiger partial charge in [-0.3, -0.25) is 4.79 Å². The largest absolute Gasteiger partial charge is 0.586 e. The number of carbonyl (C=O) groups is 1. The molecule has 3 aromatic rings. The number of Topliss-reactive ketones (excluding diaryl/α,β-unsaturated/α-hetero) is 1. The highest BCUT2D eigenvalue weighted by Gasteiger charge is 2.52. The van der Waals surface area contributed by atoms with Gasteiger partial charge in [-0.25, -0.2) is 4.39 Å². The summed E-state index contributed by atoms with van der Waals surface area (Å²) >= 11 is 0. The number of aliphatic hydroxyl groups excluding tert-OH is 3. The number of ether oxygens (including phenoxy) is 2. The van der Waals surface area contributed by atoms with Gasteiger partial charge in [-0.05, 0) is 54.3 Å². The number of halogens is 3. The second-order valence-electron chi connectivity index (χ2n) is 10.5. The van der Waals surface area contributed by atoms with Gasteiger partial charge in [-0.2, -0.15) is 0 Å². The Hall–Kier alpha value is -3.08. The van der Waals surface area contributed by atoms with Crippen LogP contribution >= 0.6 is 0 Å². The van der Waals surface area contributed by atoms with E-state index in [1.807, 2.05) is 13.8 Å². The number of alkyl halides is 2. The number of aliphatic hydroxyl groups is 3. The third kappa shape index (κ3) is 4.47. The molecule has 1 aromatic heterocycles. The van der Waals surface area contributed by atoms with Crippen LogP contribution in [0.5, 0.6) is 11.5 Å². The third-order valence-electron chi connectivity index (χ3n) is 7.35. The molecule has 1 atom stereocenters. The molecule has 0 saturated heterocycles. The minimum atomic E-state index is -3.76. The standard InChI is InChI=1S/C27H28F3NO6/c1-25(2,14-33)23-8-16-7-15(19(28)11-20(16)31(23)12-18(34)13-32)9-24(35)26(5-6-26)17-3-4-21-22(10-17)37-27(29,30)36-21/h3-4,7-8,10-11,18,32-34H,5-6,9,12-14H2,1-2H3. The molecular weight excluding hydrogens is 491 g/mol. The maximum absolute atomic E-state index is 15.3. The predicted octanol–water partition coefficient (Wildman–Crippen LogP) is 3.57. The first-order valence-electron chi connectivity index (χ1n) is 12.0. The van der Waals surface area contributed by atoms with Gasteiger partial charge in [0.25, 0.3) is 0 Å². The van der Waals surface area contributed by atoms with Gasteiger partial charge in [0.15, 0.2) is 11.5 Å². The topological polar surface area (TPSA) is 101 Å². The molecule has 1 saturated carbocycles. The Bertz CT molecular complexity index is 1380. The van der Waals surface area contributed by atoms with Crippen LogP contribution in [0.15, 0.2) is 36.4 Å². The summed E-state index contributed by atoms with van der Waals surface area (Å²) in [5.74, 6) is -1.08. The summed E-state index contributed by atoms with van der Waals surface area (Å²) in [4.78, 5) is 13.4. The highest BCUT2D eigenvalue weighted by atomic mass is 19.3. The molecule has 1 unspecified atom stereocenters. The van der Waals surface area contributed by atoms with E-state index in [4.69, 9.17) is 0 Å². The van der Waals surface area contributed by atoms with E-state index in [0.29, 0.717) is 35.0 Å². The Balaban J connectivity index is 1.46. The number of aromatic nitrogens is 1. The van der Waals surface area contributed by atoms with E-state index < -0.39 is 35.7 Å². The van der Waals surface area contributed by atoms with Crippen molar-refractivity contribution in [2.75, 3.05) is 13.2 Å².